The topological polar surface area (TPSA) is 89.7 Å². The van der Waals surface area contributed by atoms with E-state index in [-0.39, 0.29) is 22.0 Å². The molecule has 0 saturated carbocycles. The van der Waals surface area contributed by atoms with Crippen LogP contribution in [0.2, 0.25) is 0 Å². The number of benzene rings is 2. The Morgan fingerprint density at radius 3 is 2.43 bits per heavy atom. The maximum absolute atomic E-state index is 13.8. The summed E-state index contributed by atoms with van der Waals surface area (Å²) in [5.74, 6) is -0.901. The van der Waals surface area contributed by atoms with Crippen LogP contribution in [0.5, 0.6) is 5.75 Å². The highest BCUT2D eigenvalue weighted by molar-refractivity contribution is 7.92. The molecule has 2 aromatic carbocycles. The molecule has 0 atom stereocenters. The van der Waals surface area contributed by atoms with Crippen LogP contribution in [0, 0.1) is 15.9 Å². The smallest absolute Gasteiger partial charge is 0.273 e. The van der Waals surface area contributed by atoms with Gasteiger partial charge in [0.25, 0.3) is 15.7 Å². The Morgan fingerprint density at radius 1 is 1.22 bits per heavy atom. The molecule has 0 heterocycles. The number of nitrogens with zero attached hydrogens (tertiary/aromatic N) is 2. The summed E-state index contributed by atoms with van der Waals surface area (Å²) < 4.78 is 44.8. The van der Waals surface area contributed by atoms with Crippen LogP contribution in [0.3, 0.4) is 0 Å². The van der Waals surface area contributed by atoms with Crippen LogP contribution >= 0.6 is 0 Å². The standard InChI is InChI=1S/C14H13FN2O5S/c1-16(12-6-4-3-5-11(12)15)23(20,21)14-8-7-10(17(18)19)9-13(14)22-2/h3-9H,1-2H3. The Morgan fingerprint density at radius 2 is 1.87 bits per heavy atom. The molecular formula is C14H13FN2O5S. The molecule has 0 unspecified atom stereocenters. The summed E-state index contributed by atoms with van der Waals surface area (Å²) >= 11 is 0. The van der Waals surface area contributed by atoms with E-state index >= 15 is 0 Å². The highest BCUT2D eigenvalue weighted by Gasteiger charge is 2.28. The SMILES string of the molecule is COc1cc([N+](=O)[O-])ccc1S(=O)(=O)N(C)c1ccccc1F. The van der Waals surface area contributed by atoms with Crippen LogP contribution in [0.25, 0.3) is 0 Å². The third-order valence-corrected chi connectivity index (χ3v) is 5.00. The number of anilines is 1. The molecule has 122 valence electrons. The monoisotopic (exact) mass is 340 g/mol. The minimum absolute atomic E-state index is 0.145. The molecule has 0 radical (unpaired) electrons. The third-order valence-electron chi connectivity index (χ3n) is 3.19. The van der Waals surface area contributed by atoms with Crippen molar-refractivity contribution in [3.8, 4) is 5.75 Å². The van der Waals surface area contributed by atoms with Gasteiger partial charge in [0.2, 0.25) is 0 Å². The number of sulfonamides is 1. The first-order valence-electron chi connectivity index (χ1n) is 6.35. The van der Waals surface area contributed by atoms with Crippen molar-refractivity contribution in [2.45, 2.75) is 4.90 Å². The average Bonchev–Trinajstić information content (AvgIpc) is 2.53. The average molecular weight is 340 g/mol. The predicted molar refractivity (Wildman–Crippen MR) is 81.6 cm³/mol. The molecule has 0 amide bonds. The number of hydrogen-bond donors (Lipinski definition) is 0. The van der Waals surface area contributed by atoms with Gasteiger partial charge in [-0.25, -0.2) is 12.8 Å². The summed E-state index contributed by atoms with van der Waals surface area (Å²) in [4.78, 5) is 9.81. The van der Waals surface area contributed by atoms with Gasteiger partial charge >= 0.3 is 0 Å². The van der Waals surface area contributed by atoms with E-state index in [4.69, 9.17) is 4.74 Å². The van der Waals surface area contributed by atoms with Gasteiger partial charge in [0.15, 0.2) is 0 Å². The summed E-state index contributed by atoms with van der Waals surface area (Å²) in [5, 5.41) is 10.8. The fraction of sp³-hybridized carbons (Fsp3) is 0.143. The van der Waals surface area contributed by atoms with E-state index in [0.29, 0.717) is 0 Å². The van der Waals surface area contributed by atoms with E-state index in [1.54, 1.807) is 0 Å². The largest absolute Gasteiger partial charge is 0.495 e. The number of nitro groups is 1. The maximum Gasteiger partial charge on any atom is 0.273 e. The van der Waals surface area contributed by atoms with Crippen LogP contribution in [-0.4, -0.2) is 27.5 Å². The van der Waals surface area contributed by atoms with Crippen LogP contribution in [0.15, 0.2) is 47.4 Å². The molecule has 7 nitrogen and oxygen atoms in total. The Kier molecular flexibility index (Phi) is 4.50. The van der Waals surface area contributed by atoms with Crippen molar-refractivity contribution in [3.05, 3.63) is 58.4 Å². The lowest BCUT2D eigenvalue weighted by molar-refractivity contribution is -0.385. The highest BCUT2D eigenvalue weighted by atomic mass is 32.2. The van der Waals surface area contributed by atoms with Gasteiger partial charge in [-0.15, -0.1) is 0 Å². The number of halogens is 1. The number of rotatable bonds is 5. The number of non-ortho nitro benzene ring substituents is 1. The number of para-hydroxylation sites is 1. The second kappa shape index (κ2) is 6.21. The molecule has 23 heavy (non-hydrogen) atoms. The summed E-state index contributed by atoms with van der Waals surface area (Å²) in [5.41, 5.74) is -0.456. The van der Waals surface area contributed by atoms with Crippen LogP contribution in [-0.2, 0) is 10.0 Å². The summed E-state index contributed by atoms with van der Waals surface area (Å²) in [6.07, 6.45) is 0. The number of nitro benzene ring substituents is 1. The lowest BCUT2D eigenvalue weighted by Gasteiger charge is -2.21. The van der Waals surface area contributed by atoms with E-state index in [1.165, 1.54) is 32.4 Å². The Hall–Kier alpha value is -2.68. The van der Waals surface area contributed by atoms with Crippen molar-refractivity contribution < 1.29 is 22.5 Å². The molecule has 0 bridgehead atoms. The van der Waals surface area contributed by atoms with Crippen molar-refractivity contribution in [2.75, 3.05) is 18.5 Å². The molecule has 0 aromatic heterocycles. The molecule has 0 aliphatic rings. The van der Waals surface area contributed by atoms with Crippen LogP contribution in [0.4, 0.5) is 15.8 Å². The molecule has 9 heteroatoms. The zero-order chi connectivity index (χ0) is 17.2. The van der Waals surface area contributed by atoms with Crippen molar-refractivity contribution in [2.24, 2.45) is 0 Å². The minimum Gasteiger partial charge on any atom is -0.495 e. The van der Waals surface area contributed by atoms with Crippen molar-refractivity contribution in [1.82, 2.24) is 0 Å². The normalized spacial score (nSPS) is 11.1. The number of ether oxygens (including phenoxy) is 1. The quantitative estimate of drug-likeness (QED) is 0.616. The van der Waals surface area contributed by atoms with Gasteiger partial charge in [-0.1, -0.05) is 12.1 Å². The maximum atomic E-state index is 13.8. The highest BCUT2D eigenvalue weighted by Crippen LogP contribution is 2.32. The Balaban J connectivity index is 2.56. The van der Waals surface area contributed by atoms with Gasteiger partial charge in [0, 0.05) is 13.1 Å². The first-order valence-corrected chi connectivity index (χ1v) is 7.79. The van der Waals surface area contributed by atoms with Gasteiger partial charge in [0.1, 0.15) is 16.5 Å². The van der Waals surface area contributed by atoms with Gasteiger partial charge in [-0.3, -0.25) is 14.4 Å². The third kappa shape index (κ3) is 3.09. The van der Waals surface area contributed by atoms with E-state index in [0.717, 1.165) is 28.6 Å². The first-order chi connectivity index (χ1) is 10.8. The lowest BCUT2D eigenvalue weighted by atomic mass is 10.3. The first kappa shape index (κ1) is 16.7. The fourth-order valence-corrected chi connectivity index (χ4v) is 3.31. The Bertz CT molecular complexity index is 854. The number of hydrogen-bond acceptors (Lipinski definition) is 5. The molecule has 0 aliphatic carbocycles. The van der Waals surface area contributed by atoms with E-state index in [1.807, 2.05) is 0 Å². The second-order valence-corrected chi connectivity index (χ2v) is 6.45. The van der Waals surface area contributed by atoms with Gasteiger partial charge < -0.3 is 4.74 Å². The van der Waals surface area contributed by atoms with Crippen molar-refractivity contribution in [3.63, 3.8) is 0 Å². The zero-order valence-electron chi connectivity index (χ0n) is 12.3. The Labute approximate surface area is 132 Å². The molecule has 2 aromatic rings. The molecule has 0 spiro atoms. The van der Waals surface area contributed by atoms with Crippen molar-refractivity contribution in [1.29, 1.82) is 0 Å². The summed E-state index contributed by atoms with van der Waals surface area (Å²) in [6.45, 7) is 0. The molecule has 0 saturated heterocycles. The van der Waals surface area contributed by atoms with Gasteiger partial charge in [-0.2, -0.15) is 0 Å². The molecule has 0 fully saturated rings. The summed E-state index contributed by atoms with van der Waals surface area (Å²) in [6, 6.07) is 8.48. The van der Waals surface area contributed by atoms with E-state index in [9.17, 15) is 22.9 Å². The van der Waals surface area contributed by atoms with Crippen LogP contribution < -0.4 is 9.04 Å². The predicted octanol–water partition coefficient (Wildman–Crippen LogP) is 2.57. The fourth-order valence-electron chi connectivity index (χ4n) is 1.97. The molecular weight excluding hydrogens is 327 g/mol. The van der Waals surface area contributed by atoms with E-state index < -0.39 is 20.8 Å². The van der Waals surface area contributed by atoms with Crippen molar-refractivity contribution >= 4 is 21.4 Å². The van der Waals surface area contributed by atoms with Gasteiger partial charge in [-0.05, 0) is 18.2 Å². The molecule has 2 rings (SSSR count). The second-order valence-electron chi connectivity index (χ2n) is 4.52. The van der Waals surface area contributed by atoms with Crippen LogP contribution in [0.1, 0.15) is 0 Å². The van der Waals surface area contributed by atoms with E-state index in [2.05, 4.69) is 0 Å². The molecule has 0 aliphatic heterocycles. The van der Waals surface area contributed by atoms with Gasteiger partial charge in [0.05, 0.1) is 23.8 Å². The summed E-state index contributed by atoms with van der Waals surface area (Å²) in [7, 11) is -1.77. The lowest BCUT2D eigenvalue weighted by Crippen LogP contribution is -2.27. The zero-order valence-corrected chi connectivity index (χ0v) is 13.1. The number of methoxy groups -OCH3 is 1. The molecule has 0 N–H and O–H groups in total. The minimum atomic E-state index is -4.15.